The van der Waals surface area contributed by atoms with E-state index in [0.29, 0.717) is 6.42 Å². The topological polar surface area (TPSA) is 26.3 Å². The minimum absolute atomic E-state index is 0.000880. The van der Waals surface area contributed by atoms with Gasteiger partial charge in [0, 0.05) is 6.42 Å². The van der Waals surface area contributed by atoms with Crippen molar-refractivity contribution in [3.05, 3.63) is 0 Å². The summed E-state index contributed by atoms with van der Waals surface area (Å²) in [6.45, 7) is 0. The molecule has 1 fully saturated rings. The van der Waals surface area contributed by atoms with Crippen LogP contribution in [0.15, 0.2) is 0 Å². The van der Waals surface area contributed by atoms with Crippen LogP contribution in [0, 0.1) is 0 Å². The minimum atomic E-state index is 0.000880. The maximum atomic E-state index is 11.2. The molecule has 1 aliphatic rings. The molecule has 0 bridgehead atoms. The van der Waals surface area contributed by atoms with Crippen LogP contribution in [0.3, 0.4) is 0 Å². The molecule has 0 heterocycles. The van der Waals surface area contributed by atoms with E-state index in [1.165, 1.54) is 12.8 Å². The minimum Gasteiger partial charge on any atom is -0.462 e. The van der Waals surface area contributed by atoms with Gasteiger partial charge in [0.05, 0.1) is 0 Å². The second-order valence-corrected chi connectivity index (χ2v) is 4.48. The summed E-state index contributed by atoms with van der Waals surface area (Å²) in [5.41, 5.74) is 0. The highest BCUT2D eigenvalue weighted by Crippen LogP contribution is 2.21. The van der Waals surface area contributed by atoms with E-state index in [4.69, 9.17) is 4.74 Å². The number of rotatable bonds is 5. The average Bonchev–Trinajstić information content (AvgIpc) is 2.57. The smallest absolute Gasteiger partial charge is 0.306 e. The zero-order valence-corrected chi connectivity index (χ0v) is 9.07. The fourth-order valence-electron chi connectivity index (χ4n) is 1.61. The molecule has 1 saturated carbocycles. The molecule has 0 N–H and O–H groups in total. The van der Waals surface area contributed by atoms with Crippen LogP contribution in [-0.2, 0) is 9.53 Å². The summed E-state index contributed by atoms with van der Waals surface area (Å²) in [6, 6.07) is 0. The number of hydrogen-bond acceptors (Lipinski definition) is 3. The van der Waals surface area contributed by atoms with Crippen molar-refractivity contribution >= 4 is 17.7 Å². The van der Waals surface area contributed by atoms with Crippen LogP contribution in [0.4, 0.5) is 0 Å². The Kier molecular flexibility index (Phi) is 5.28. The summed E-state index contributed by atoms with van der Waals surface area (Å²) < 4.78 is 5.31. The molecule has 0 amide bonds. The van der Waals surface area contributed by atoms with Gasteiger partial charge in [0.15, 0.2) is 0 Å². The summed E-state index contributed by atoms with van der Waals surface area (Å²) in [5.74, 6) is 1.06. The highest BCUT2D eigenvalue weighted by molar-refractivity contribution is 7.98. The largest absolute Gasteiger partial charge is 0.462 e. The van der Waals surface area contributed by atoms with Crippen LogP contribution in [0.25, 0.3) is 0 Å². The second-order valence-electron chi connectivity index (χ2n) is 3.49. The van der Waals surface area contributed by atoms with Gasteiger partial charge in [0.25, 0.3) is 0 Å². The lowest BCUT2D eigenvalue weighted by Gasteiger charge is -2.10. The first-order valence-corrected chi connectivity index (χ1v) is 6.40. The van der Waals surface area contributed by atoms with Gasteiger partial charge in [-0.2, -0.15) is 11.8 Å². The van der Waals surface area contributed by atoms with Gasteiger partial charge in [-0.3, -0.25) is 4.79 Å². The highest BCUT2D eigenvalue weighted by Gasteiger charge is 2.18. The molecule has 0 spiro atoms. The molecule has 3 heteroatoms. The van der Waals surface area contributed by atoms with E-state index >= 15 is 0 Å². The van der Waals surface area contributed by atoms with Gasteiger partial charge in [0.1, 0.15) is 6.10 Å². The van der Waals surface area contributed by atoms with E-state index in [2.05, 4.69) is 6.26 Å². The Bertz CT molecular complexity index is 153. The van der Waals surface area contributed by atoms with Crippen molar-refractivity contribution in [3.8, 4) is 0 Å². The molecule has 1 rings (SSSR count). The monoisotopic (exact) mass is 202 g/mol. The molecule has 76 valence electrons. The van der Waals surface area contributed by atoms with Crippen molar-refractivity contribution < 1.29 is 9.53 Å². The lowest BCUT2D eigenvalue weighted by Crippen LogP contribution is -2.14. The molecule has 0 aromatic carbocycles. The molecule has 0 unspecified atom stereocenters. The summed E-state index contributed by atoms with van der Waals surface area (Å²) in [7, 11) is 0. The predicted molar refractivity (Wildman–Crippen MR) is 56.0 cm³/mol. The van der Waals surface area contributed by atoms with Crippen LogP contribution in [0.1, 0.15) is 38.5 Å². The van der Waals surface area contributed by atoms with Gasteiger partial charge in [0.2, 0.25) is 0 Å². The van der Waals surface area contributed by atoms with Crippen LogP contribution in [0.2, 0.25) is 0 Å². The van der Waals surface area contributed by atoms with Crippen molar-refractivity contribution in [2.75, 3.05) is 12.0 Å². The van der Waals surface area contributed by atoms with E-state index in [-0.39, 0.29) is 12.1 Å². The van der Waals surface area contributed by atoms with E-state index in [9.17, 15) is 4.79 Å². The van der Waals surface area contributed by atoms with Gasteiger partial charge in [-0.25, -0.2) is 0 Å². The zero-order chi connectivity index (χ0) is 9.52. The standard InChI is InChI=1S/C10H18O2S/c1-13-8-4-7-10(11)12-9-5-2-3-6-9/h9H,2-8H2,1H3. The Hall–Kier alpha value is -0.180. The maximum absolute atomic E-state index is 11.2. The Balaban J connectivity index is 2.02. The number of carbonyl (C=O) groups is 1. The van der Waals surface area contributed by atoms with Gasteiger partial charge < -0.3 is 4.74 Å². The molecular formula is C10H18O2S. The highest BCUT2D eigenvalue weighted by atomic mass is 32.2. The van der Waals surface area contributed by atoms with E-state index < -0.39 is 0 Å². The van der Waals surface area contributed by atoms with E-state index in [0.717, 1.165) is 25.0 Å². The predicted octanol–water partition coefficient (Wildman–Crippen LogP) is 2.62. The van der Waals surface area contributed by atoms with Crippen molar-refractivity contribution in [2.45, 2.75) is 44.6 Å². The number of hydrogen-bond donors (Lipinski definition) is 0. The third-order valence-corrected chi connectivity index (χ3v) is 3.03. The summed E-state index contributed by atoms with van der Waals surface area (Å²) in [6.07, 6.45) is 8.45. The fourth-order valence-corrected chi connectivity index (χ4v) is 2.04. The Morgan fingerprint density at radius 3 is 2.77 bits per heavy atom. The molecule has 2 nitrogen and oxygen atoms in total. The van der Waals surface area contributed by atoms with Crippen molar-refractivity contribution in [3.63, 3.8) is 0 Å². The van der Waals surface area contributed by atoms with Crippen molar-refractivity contribution in [2.24, 2.45) is 0 Å². The normalized spacial score (nSPS) is 17.6. The first-order valence-electron chi connectivity index (χ1n) is 5.01. The zero-order valence-electron chi connectivity index (χ0n) is 8.25. The molecule has 0 aromatic heterocycles. The summed E-state index contributed by atoms with van der Waals surface area (Å²) >= 11 is 1.78. The summed E-state index contributed by atoms with van der Waals surface area (Å²) in [4.78, 5) is 11.2. The third kappa shape index (κ3) is 4.55. The fraction of sp³-hybridized carbons (Fsp3) is 0.900. The van der Waals surface area contributed by atoms with Crippen LogP contribution in [0.5, 0.6) is 0 Å². The second kappa shape index (κ2) is 6.30. The van der Waals surface area contributed by atoms with Crippen molar-refractivity contribution in [1.82, 2.24) is 0 Å². The first-order chi connectivity index (χ1) is 6.33. The van der Waals surface area contributed by atoms with Gasteiger partial charge in [-0.15, -0.1) is 0 Å². The number of esters is 1. The van der Waals surface area contributed by atoms with Gasteiger partial charge >= 0.3 is 5.97 Å². The van der Waals surface area contributed by atoms with Crippen LogP contribution < -0.4 is 0 Å². The molecule has 0 aromatic rings. The third-order valence-electron chi connectivity index (χ3n) is 2.33. The lowest BCUT2D eigenvalue weighted by molar-refractivity contribution is -0.148. The number of carbonyl (C=O) groups excluding carboxylic acids is 1. The SMILES string of the molecule is CSCCCC(=O)OC1CCCC1. The van der Waals surface area contributed by atoms with E-state index in [1.807, 2.05) is 0 Å². The number of ether oxygens (including phenoxy) is 1. The lowest BCUT2D eigenvalue weighted by atomic mass is 10.3. The molecule has 0 saturated heterocycles. The maximum Gasteiger partial charge on any atom is 0.306 e. The molecule has 0 atom stereocenters. The average molecular weight is 202 g/mol. The molecule has 0 radical (unpaired) electrons. The Labute approximate surface area is 84.4 Å². The molecule has 0 aliphatic heterocycles. The molecule has 1 aliphatic carbocycles. The van der Waals surface area contributed by atoms with Crippen molar-refractivity contribution in [1.29, 1.82) is 0 Å². The molecule has 13 heavy (non-hydrogen) atoms. The van der Waals surface area contributed by atoms with Crippen LogP contribution in [-0.4, -0.2) is 24.1 Å². The first kappa shape index (κ1) is 10.9. The van der Waals surface area contributed by atoms with Gasteiger partial charge in [-0.05, 0) is 44.1 Å². The molecular weight excluding hydrogens is 184 g/mol. The summed E-state index contributed by atoms with van der Waals surface area (Å²) in [5, 5.41) is 0. The Morgan fingerprint density at radius 1 is 1.46 bits per heavy atom. The quantitative estimate of drug-likeness (QED) is 0.506. The Morgan fingerprint density at radius 2 is 2.15 bits per heavy atom. The van der Waals surface area contributed by atoms with Crippen LogP contribution >= 0.6 is 11.8 Å². The number of thioether (sulfide) groups is 1. The van der Waals surface area contributed by atoms with Gasteiger partial charge in [-0.1, -0.05) is 0 Å². The van der Waals surface area contributed by atoms with E-state index in [1.54, 1.807) is 11.8 Å².